The zero-order valence-corrected chi connectivity index (χ0v) is 23.9. The highest BCUT2D eigenvalue weighted by Gasteiger charge is 2.25. The first-order chi connectivity index (χ1) is 19.0. The fourth-order valence-corrected chi connectivity index (χ4v) is 5.95. The SMILES string of the molecule is CCCCc1cc(C(=O)Nc2ccc(-c3ccccc3S(=O)(=O)NC(C)(C)C)cc2)n(-c2cccc(C#N)c2)n1. The molecule has 1 heterocycles. The minimum absolute atomic E-state index is 0.185. The number of hydrogen-bond acceptors (Lipinski definition) is 5. The van der Waals surface area contributed by atoms with E-state index in [9.17, 15) is 18.5 Å². The molecule has 4 rings (SSSR count). The van der Waals surface area contributed by atoms with Crippen molar-refractivity contribution < 1.29 is 13.2 Å². The average Bonchev–Trinajstić information content (AvgIpc) is 3.36. The molecule has 0 aliphatic heterocycles. The van der Waals surface area contributed by atoms with E-state index in [4.69, 9.17) is 0 Å². The molecule has 0 atom stereocenters. The van der Waals surface area contributed by atoms with Crippen LogP contribution in [0.3, 0.4) is 0 Å². The second kappa shape index (κ2) is 11.9. The van der Waals surface area contributed by atoms with Crippen LogP contribution in [0.4, 0.5) is 5.69 Å². The van der Waals surface area contributed by atoms with Crippen molar-refractivity contribution in [1.82, 2.24) is 14.5 Å². The van der Waals surface area contributed by atoms with Crippen molar-refractivity contribution >= 4 is 21.6 Å². The molecule has 3 aromatic carbocycles. The fourth-order valence-electron chi connectivity index (χ4n) is 4.30. The van der Waals surface area contributed by atoms with Crippen LogP contribution < -0.4 is 10.0 Å². The normalized spacial score (nSPS) is 11.7. The van der Waals surface area contributed by atoms with Crippen LogP contribution in [0.15, 0.2) is 83.8 Å². The molecule has 0 aliphatic carbocycles. The van der Waals surface area contributed by atoms with Gasteiger partial charge in [-0.05, 0) is 81.6 Å². The molecule has 0 unspecified atom stereocenters. The third-order valence-electron chi connectivity index (χ3n) is 6.07. The predicted molar refractivity (Wildman–Crippen MR) is 157 cm³/mol. The number of unbranched alkanes of at least 4 members (excludes halogenated alkanes) is 1. The molecule has 0 bridgehead atoms. The van der Waals surface area contributed by atoms with Gasteiger partial charge in [0.25, 0.3) is 5.91 Å². The van der Waals surface area contributed by atoms with Crippen LogP contribution in [0.25, 0.3) is 16.8 Å². The van der Waals surface area contributed by atoms with Gasteiger partial charge >= 0.3 is 0 Å². The number of rotatable bonds is 9. The topological polar surface area (TPSA) is 117 Å². The molecular formula is C31H33N5O3S. The lowest BCUT2D eigenvalue weighted by atomic mass is 10.1. The smallest absolute Gasteiger partial charge is 0.274 e. The third kappa shape index (κ3) is 6.84. The van der Waals surface area contributed by atoms with Crippen LogP contribution in [0.2, 0.25) is 0 Å². The van der Waals surface area contributed by atoms with Crippen molar-refractivity contribution in [2.24, 2.45) is 0 Å². The third-order valence-corrected chi connectivity index (χ3v) is 7.89. The fraction of sp³-hybridized carbons (Fsp3) is 0.258. The maximum Gasteiger partial charge on any atom is 0.274 e. The van der Waals surface area contributed by atoms with Gasteiger partial charge in [0.05, 0.1) is 27.9 Å². The number of carbonyl (C=O) groups excluding carboxylic acids is 1. The van der Waals surface area contributed by atoms with Gasteiger partial charge in [0, 0.05) is 16.8 Å². The summed E-state index contributed by atoms with van der Waals surface area (Å²) in [6, 6.07) is 24.7. The first-order valence-corrected chi connectivity index (χ1v) is 14.6. The van der Waals surface area contributed by atoms with Gasteiger partial charge in [0.1, 0.15) is 5.69 Å². The summed E-state index contributed by atoms with van der Waals surface area (Å²) < 4.78 is 30.4. The van der Waals surface area contributed by atoms with Gasteiger partial charge < -0.3 is 5.32 Å². The predicted octanol–water partition coefficient (Wildman–Crippen LogP) is 6.08. The number of sulfonamides is 1. The van der Waals surface area contributed by atoms with E-state index in [-0.39, 0.29) is 10.8 Å². The van der Waals surface area contributed by atoms with Gasteiger partial charge in [0.15, 0.2) is 0 Å². The number of anilines is 1. The molecule has 1 aromatic heterocycles. The van der Waals surface area contributed by atoms with E-state index in [0.717, 1.165) is 25.0 Å². The first-order valence-electron chi connectivity index (χ1n) is 13.1. The monoisotopic (exact) mass is 555 g/mol. The number of amides is 1. The molecule has 0 spiro atoms. The summed E-state index contributed by atoms with van der Waals surface area (Å²) in [5.41, 5.74) is 3.45. The van der Waals surface area contributed by atoms with Crippen LogP contribution in [0.5, 0.6) is 0 Å². The largest absolute Gasteiger partial charge is 0.321 e. The van der Waals surface area contributed by atoms with Crippen molar-refractivity contribution in [3.8, 4) is 22.9 Å². The number of hydrogen-bond donors (Lipinski definition) is 2. The van der Waals surface area contributed by atoms with E-state index in [1.54, 1.807) is 98.2 Å². The highest BCUT2D eigenvalue weighted by molar-refractivity contribution is 7.89. The highest BCUT2D eigenvalue weighted by Crippen LogP contribution is 2.29. The molecule has 1 amide bonds. The zero-order chi connectivity index (χ0) is 28.9. The maximum absolute atomic E-state index is 13.4. The Morgan fingerprint density at radius 1 is 1.00 bits per heavy atom. The Hall–Kier alpha value is -4.26. The van der Waals surface area contributed by atoms with Crippen molar-refractivity contribution in [1.29, 1.82) is 5.26 Å². The summed E-state index contributed by atoms with van der Waals surface area (Å²) >= 11 is 0. The van der Waals surface area contributed by atoms with Gasteiger partial charge in [-0.15, -0.1) is 0 Å². The molecule has 0 saturated heterocycles. The van der Waals surface area contributed by atoms with Crippen molar-refractivity contribution in [3.63, 3.8) is 0 Å². The lowest BCUT2D eigenvalue weighted by Crippen LogP contribution is -2.40. The Bertz CT molecular complexity index is 1660. The van der Waals surface area contributed by atoms with Crippen molar-refractivity contribution in [2.75, 3.05) is 5.32 Å². The standard InChI is InChI=1S/C31H33N5O3S/c1-5-6-11-25-20-28(36(34-25)26-12-9-10-22(19-26)21-32)30(37)33-24-17-15-23(16-18-24)27-13-7-8-14-29(27)40(38,39)35-31(2,3)4/h7-10,12-20,35H,5-6,11H2,1-4H3,(H,33,37). The van der Waals surface area contributed by atoms with E-state index < -0.39 is 15.6 Å². The first kappa shape index (κ1) is 28.7. The lowest BCUT2D eigenvalue weighted by molar-refractivity contribution is 0.101. The Morgan fingerprint density at radius 2 is 1.73 bits per heavy atom. The van der Waals surface area contributed by atoms with Crippen LogP contribution in [0, 0.1) is 11.3 Å². The Kier molecular flexibility index (Phi) is 8.52. The lowest BCUT2D eigenvalue weighted by Gasteiger charge is -2.21. The van der Waals surface area contributed by atoms with E-state index >= 15 is 0 Å². The van der Waals surface area contributed by atoms with E-state index in [2.05, 4.69) is 28.1 Å². The number of carbonyl (C=O) groups is 1. The van der Waals surface area contributed by atoms with Gasteiger partial charge in [-0.1, -0.05) is 49.7 Å². The number of nitrogens with zero attached hydrogens (tertiary/aromatic N) is 3. The molecule has 8 nitrogen and oxygen atoms in total. The van der Waals surface area contributed by atoms with Gasteiger partial charge in [0.2, 0.25) is 10.0 Å². The van der Waals surface area contributed by atoms with Crippen LogP contribution in [-0.2, 0) is 16.4 Å². The van der Waals surface area contributed by atoms with E-state index in [1.807, 2.05) is 6.07 Å². The minimum Gasteiger partial charge on any atom is -0.321 e. The summed E-state index contributed by atoms with van der Waals surface area (Å²) in [6.07, 6.45) is 2.68. The summed E-state index contributed by atoms with van der Waals surface area (Å²) in [5.74, 6) is -0.345. The second-order valence-corrected chi connectivity index (χ2v) is 12.2. The minimum atomic E-state index is -3.75. The van der Waals surface area contributed by atoms with Gasteiger partial charge in [-0.3, -0.25) is 4.79 Å². The zero-order valence-electron chi connectivity index (χ0n) is 23.1. The molecule has 4 aromatic rings. The Labute approximate surface area is 235 Å². The van der Waals surface area contributed by atoms with Gasteiger partial charge in [-0.2, -0.15) is 10.4 Å². The number of nitrogens with one attached hydrogen (secondary N) is 2. The quantitative estimate of drug-likeness (QED) is 0.259. The summed E-state index contributed by atoms with van der Waals surface area (Å²) in [4.78, 5) is 13.6. The number of aromatic nitrogens is 2. The van der Waals surface area contributed by atoms with Crippen molar-refractivity contribution in [2.45, 2.75) is 57.4 Å². The molecule has 0 fully saturated rings. The molecule has 0 aliphatic rings. The molecule has 0 radical (unpaired) electrons. The highest BCUT2D eigenvalue weighted by atomic mass is 32.2. The van der Waals surface area contributed by atoms with E-state index in [0.29, 0.717) is 33.8 Å². The molecule has 2 N–H and O–H groups in total. The van der Waals surface area contributed by atoms with Crippen molar-refractivity contribution in [3.05, 3.63) is 95.8 Å². The number of nitriles is 1. The molecule has 206 valence electrons. The summed E-state index contributed by atoms with van der Waals surface area (Å²) in [5, 5.41) is 16.9. The molecule has 9 heteroatoms. The molecular weight excluding hydrogens is 522 g/mol. The summed E-state index contributed by atoms with van der Waals surface area (Å²) in [6.45, 7) is 7.48. The maximum atomic E-state index is 13.4. The Balaban J connectivity index is 1.62. The number of aryl methyl sites for hydroxylation is 1. The van der Waals surface area contributed by atoms with Crippen LogP contribution in [0.1, 0.15) is 62.3 Å². The summed E-state index contributed by atoms with van der Waals surface area (Å²) in [7, 11) is -3.75. The molecule has 40 heavy (non-hydrogen) atoms. The van der Waals surface area contributed by atoms with E-state index in [1.165, 1.54) is 0 Å². The molecule has 0 saturated carbocycles. The Morgan fingerprint density at radius 3 is 2.40 bits per heavy atom. The average molecular weight is 556 g/mol. The second-order valence-electron chi connectivity index (χ2n) is 10.6. The van der Waals surface area contributed by atoms with Crippen LogP contribution >= 0.6 is 0 Å². The van der Waals surface area contributed by atoms with Crippen LogP contribution in [-0.4, -0.2) is 29.6 Å². The van der Waals surface area contributed by atoms with Gasteiger partial charge in [-0.25, -0.2) is 17.8 Å². The number of benzene rings is 3.